The fourth-order valence-electron chi connectivity index (χ4n) is 2.33. The van der Waals surface area contributed by atoms with Gasteiger partial charge in [0.05, 0.1) is 5.60 Å². The number of aliphatic hydroxyl groups is 1. The molecule has 2 N–H and O–H groups in total. The Morgan fingerprint density at radius 2 is 2.50 bits per heavy atom. The van der Waals surface area contributed by atoms with Crippen molar-refractivity contribution >= 4 is 0 Å². The van der Waals surface area contributed by atoms with Crippen LogP contribution < -0.4 is 5.32 Å². The van der Waals surface area contributed by atoms with Gasteiger partial charge in [0.2, 0.25) is 0 Å². The second-order valence-electron chi connectivity index (χ2n) is 4.88. The van der Waals surface area contributed by atoms with E-state index in [9.17, 15) is 5.11 Å². The van der Waals surface area contributed by atoms with Crippen LogP contribution in [0.2, 0.25) is 0 Å². The average Bonchev–Trinajstić information content (AvgIpc) is 2.65. The molecule has 0 aliphatic carbocycles. The van der Waals surface area contributed by atoms with Gasteiger partial charge in [0.25, 0.3) is 0 Å². The number of aryl methyl sites for hydroxylation is 1. The molecular formula is C11H20N4O. The van der Waals surface area contributed by atoms with Gasteiger partial charge in [-0.05, 0) is 26.3 Å². The molecule has 1 aromatic heterocycles. The van der Waals surface area contributed by atoms with Crippen LogP contribution in [-0.4, -0.2) is 38.6 Å². The number of piperidine rings is 1. The van der Waals surface area contributed by atoms with Gasteiger partial charge < -0.3 is 10.4 Å². The van der Waals surface area contributed by atoms with Crippen molar-refractivity contribution in [1.29, 1.82) is 0 Å². The Labute approximate surface area is 95.9 Å². The first kappa shape index (κ1) is 11.5. The Morgan fingerprint density at radius 3 is 3.06 bits per heavy atom. The number of rotatable bonds is 3. The van der Waals surface area contributed by atoms with Crippen molar-refractivity contribution < 1.29 is 5.11 Å². The summed E-state index contributed by atoms with van der Waals surface area (Å²) in [6.07, 6.45) is 4.32. The zero-order chi connectivity index (χ0) is 11.6. The zero-order valence-electron chi connectivity index (χ0n) is 9.98. The molecule has 0 saturated carbocycles. The van der Waals surface area contributed by atoms with E-state index in [0.29, 0.717) is 12.3 Å². The standard InChI is InChI=1S/C11H20N4O/c1-11(16,9-4-3-5-12-7-9)6-10-13-8-14-15(10)2/h8-9,12,16H,3-7H2,1-2H3. The van der Waals surface area contributed by atoms with Gasteiger partial charge in [-0.2, -0.15) is 5.10 Å². The van der Waals surface area contributed by atoms with Gasteiger partial charge in [-0.15, -0.1) is 0 Å². The van der Waals surface area contributed by atoms with Crippen molar-refractivity contribution in [3.63, 3.8) is 0 Å². The maximum Gasteiger partial charge on any atom is 0.138 e. The Morgan fingerprint density at radius 1 is 1.69 bits per heavy atom. The van der Waals surface area contributed by atoms with Crippen LogP contribution in [-0.2, 0) is 13.5 Å². The van der Waals surface area contributed by atoms with Gasteiger partial charge in [0.1, 0.15) is 12.2 Å². The molecule has 2 unspecified atom stereocenters. The Bertz CT molecular complexity index is 342. The fourth-order valence-corrected chi connectivity index (χ4v) is 2.33. The van der Waals surface area contributed by atoms with E-state index in [1.807, 2.05) is 14.0 Å². The molecule has 0 spiro atoms. The number of hydrogen-bond donors (Lipinski definition) is 2. The smallest absolute Gasteiger partial charge is 0.138 e. The third-order valence-electron chi connectivity index (χ3n) is 3.50. The lowest BCUT2D eigenvalue weighted by Crippen LogP contribution is -2.46. The second-order valence-corrected chi connectivity index (χ2v) is 4.88. The molecule has 0 radical (unpaired) electrons. The number of hydrogen-bond acceptors (Lipinski definition) is 4. The van der Waals surface area contributed by atoms with Crippen molar-refractivity contribution in [2.75, 3.05) is 13.1 Å². The van der Waals surface area contributed by atoms with E-state index in [0.717, 1.165) is 31.8 Å². The minimum absolute atomic E-state index is 0.304. The molecule has 0 aromatic carbocycles. The first-order chi connectivity index (χ1) is 7.59. The molecule has 2 rings (SSSR count). The van der Waals surface area contributed by atoms with Crippen LogP contribution in [0.3, 0.4) is 0 Å². The summed E-state index contributed by atoms with van der Waals surface area (Å²) >= 11 is 0. The summed E-state index contributed by atoms with van der Waals surface area (Å²) in [7, 11) is 1.86. The van der Waals surface area contributed by atoms with Crippen molar-refractivity contribution in [3.05, 3.63) is 12.2 Å². The highest BCUT2D eigenvalue weighted by Crippen LogP contribution is 2.26. The van der Waals surface area contributed by atoms with Crippen LogP contribution in [0.5, 0.6) is 0 Å². The van der Waals surface area contributed by atoms with Gasteiger partial charge in [0.15, 0.2) is 0 Å². The minimum Gasteiger partial charge on any atom is -0.389 e. The first-order valence-corrected chi connectivity index (χ1v) is 5.85. The predicted molar refractivity (Wildman–Crippen MR) is 60.9 cm³/mol. The molecule has 0 amide bonds. The van der Waals surface area contributed by atoms with Crippen LogP contribution in [0.4, 0.5) is 0 Å². The summed E-state index contributed by atoms with van der Waals surface area (Å²) in [6.45, 7) is 3.86. The quantitative estimate of drug-likeness (QED) is 0.765. The monoisotopic (exact) mass is 224 g/mol. The predicted octanol–water partition coefficient (Wildman–Crippen LogP) is 0.108. The van der Waals surface area contributed by atoms with Crippen LogP contribution in [0.25, 0.3) is 0 Å². The van der Waals surface area contributed by atoms with Crippen molar-refractivity contribution in [1.82, 2.24) is 20.1 Å². The van der Waals surface area contributed by atoms with Gasteiger partial charge >= 0.3 is 0 Å². The highest BCUT2D eigenvalue weighted by atomic mass is 16.3. The number of nitrogens with one attached hydrogen (secondary N) is 1. The van der Waals surface area contributed by atoms with E-state index in [-0.39, 0.29) is 0 Å². The average molecular weight is 224 g/mol. The summed E-state index contributed by atoms with van der Waals surface area (Å²) in [5, 5.41) is 17.9. The van der Waals surface area contributed by atoms with E-state index in [4.69, 9.17) is 0 Å². The summed E-state index contributed by atoms with van der Waals surface area (Å²) in [4.78, 5) is 4.17. The van der Waals surface area contributed by atoms with Crippen LogP contribution >= 0.6 is 0 Å². The normalized spacial score (nSPS) is 25.3. The molecule has 5 heteroatoms. The molecule has 5 nitrogen and oxygen atoms in total. The van der Waals surface area contributed by atoms with Crippen molar-refractivity contribution in [2.24, 2.45) is 13.0 Å². The van der Waals surface area contributed by atoms with Crippen LogP contribution in [0.15, 0.2) is 6.33 Å². The molecule has 2 atom stereocenters. The molecule has 0 bridgehead atoms. The van der Waals surface area contributed by atoms with Crippen LogP contribution in [0.1, 0.15) is 25.6 Å². The van der Waals surface area contributed by atoms with Gasteiger partial charge in [-0.3, -0.25) is 4.68 Å². The minimum atomic E-state index is -0.700. The second kappa shape index (κ2) is 4.51. The maximum absolute atomic E-state index is 10.5. The molecular weight excluding hydrogens is 204 g/mol. The van der Waals surface area contributed by atoms with Gasteiger partial charge in [-0.25, -0.2) is 4.98 Å². The largest absolute Gasteiger partial charge is 0.389 e. The van der Waals surface area contributed by atoms with Crippen molar-refractivity contribution in [2.45, 2.75) is 31.8 Å². The third kappa shape index (κ3) is 2.41. The van der Waals surface area contributed by atoms with E-state index >= 15 is 0 Å². The zero-order valence-corrected chi connectivity index (χ0v) is 9.98. The Hall–Kier alpha value is -0.940. The molecule has 1 aliphatic rings. The lowest BCUT2D eigenvalue weighted by Gasteiger charge is -2.35. The molecule has 1 fully saturated rings. The topological polar surface area (TPSA) is 63.0 Å². The first-order valence-electron chi connectivity index (χ1n) is 5.85. The SMILES string of the molecule is Cn1ncnc1CC(C)(O)C1CCCNC1. The molecule has 1 aliphatic heterocycles. The fraction of sp³-hybridized carbons (Fsp3) is 0.818. The summed E-state index contributed by atoms with van der Waals surface area (Å²) < 4.78 is 1.73. The highest BCUT2D eigenvalue weighted by molar-refractivity contribution is 4.96. The molecule has 90 valence electrons. The van der Waals surface area contributed by atoms with Crippen LogP contribution in [0, 0.1) is 5.92 Å². The summed E-state index contributed by atoms with van der Waals surface area (Å²) in [5.41, 5.74) is -0.700. The van der Waals surface area contributed by atoms with E-state index in [1.54, 1.807) is 4.68 Å². The van der Waals surface area contributed by atoms with Gasteiger partial charge in [0, 0.05) is 25.9 Å². The summed E-state index contributed by atoms with van der Waals surface area (Å²) in [6, 6.07) is 0. The number of aromatic nitrogens is 3. The lowest BCUT2D eigenvalue weighted by molar-refractivity contribution is -0.0124. The van der Waals surface area contributed by atoms with E-state index in [1.165, 1.54) is 6.33 Å². The molecule has 1 aromatic rings. The maximum atomic E-state index is 10.5. The van der Waals surface area contributed by atoms with Gasteiger partial charge in [-0.1, -0.05) is 0 Å². The Kier molecular flexibility index (Phi) is 3.25. The summed E-state index contributed by atoms with van der Waals surface area (Å²) in [5.74, 6) is 1.15. The highest BCUT2D eigenvalue weighted by Gasteiger charge is 2.34. The molecule has 16 heavy (non-hydrogen) atoms. The lowest BCUT2D eigenvalue weighted by atomic mass is 9.81. The molecule has 2 heterocycles. The van der Waals surface area contributed by atoms with E-state index in [2.05, 4.69) is 15.4 Å². The van der Waals surface area contributed by atoms with Crippen molar-refractivity contribution in [3.8, 4) is 0 Å². The third-order valence-corrected chi connectivity index (χ3v) is 3.50. The molecule has 1 saturated heterocycles. The number of nitrogens with zero attached hydrogens (tertiary/aromatic N) is 3. The Balaban J connectivity index is 2.04. The van der Waals surface area contributed by atoms with E-state index < -0.39 is 5.60 Å².